The number of carbonyl (C=O) groups excluding carboxylic acids is 3. The van der Waals surface area contributed by atoms with Crippen molar-refractivity contribution in [3.8, 4) is 0 Å². The smallest absolute Gasteiger partial charge is 0.256 e. The molecular weight excluding hydrogens is 380 g/mol. The van der Waals surface area contributed by atoms with E-state index in [1.165, 1.54) is 6.42 Å². The van der Waals surface area contributed by atoms with E-state index in [0.29, 0.717) is 30.8 Å². The van der Waals surface area contributed by atoms with Crippen molar-refractivity contribution in [3.63, 3.8) is 0 Å². The van der Waals surface area contributed by atoms with E-state index in [0.717, 1.165) is 57.5 Å². The molecule has 0 aromatic heterocycles. The Bertz CT molecular complexity index is 807. The number of likely N-dealkylation sites (tertiary alicyclic amines) is 1. The highest BCUT2D eigenvalue weighted by Crippen LogP contribution is 2.32. The second-order valence-electron chi connectivity index (χ2n) is 8.57. The first-order valence-corrected chi connectivity index (χ1v) is 11.3. The molecule has 1 aliphatic carbocycles. The van der Waals surface area contributed by atoms with E-state index in [4.69, 9.17) is 0 Å². The minimum atomic E-state index is -0.0636. The molecule has 2 saturated heterocycles. The molecule has 3 fully saturated rings. The van der Waals surface area contributed by atoms with Crippen LogP contribution in [0.5, 0.6) is 0 Å². The van der Waals surface area contributed by atoms with Gasteiger partial charge in [-0.1, -0.05) is 6.92 Å². The van der Waals surface area contributed by atoms with Gasteiger partial charge in [-0.3, -0.25) is 14.4 Å². The number of hydrogen-bond donors (Lipinski definition) is 1. The van der Waals surface area contributed by atoms with Gasteiger partial charge in [0.15, 0.2) is 0 Å². The van der Waals surface area contributed by atoms with Gasteiger partial charge in [0.1, 0.15) is 0 Å². The fourth-order valence-electron chi connectivity index (χ4n) is 4.33. The second-order valence-corrected chi connectivity index (χ2v) is 8.57. The molecule has 0 radical (unpaired) electrons. The summed E-state index contributed by atoms with van der Waals surface area (Å²) in [6.45, 7) is 6.22. The van der Waals surface area contributed by atoms with Gasteiger partial charge in [-0.25, -0.2) is 0 Å². The highest BCUT2D eigenvalue weighted by molar-refractivity contribution is 6.02. The van der Waals surface area contributed by atoms with E-state index in [1.54, 1.807) is 0 Å². The zero-order valence-electron chi connectivity index (χ0n) is 17.9. The van der Waals surface area contributed by atoms with Crippen LogP contribution in [0.4, 0.5) is 11.4 Å². The lowest BCUT2D eigenvalue weighted by Gasteiger charge is -2.37. The van der Waals surface area contributed by atoms with Crippen molar-refractivity contribution in [2.24, 2.45) is 5.92 Å². The van der Waals surface area contributed by atoms with Crippen molar-refractivity contribution in [2.45, 2.75) is 45.4 Å². The summed E-state index contributed by atoms with van der Waals surface area (Å²) in [5, 5.41) is 2.88. The second kappa shape index (κ2) is 9.06. The van der Waals surface area contributed by atoms with E-state index in [2.05, 4.69) is 10.2 Å². The lowest BCUT2D eigenvalue weighted by molar-refractivity contribution is -0.132. The Morgan fingerprint density at radius 2 is 1.63 bits per heavy atom. The molecule has 0 spiro atoms. The maximum Gasteiger partial charge on any atom is 0.256 e. The van der Waals surface area contributed by atoms with Crippen LogP contribution in [-0.2, 0) is 9.59 Å². The third-order valence-electron chi connectivity index (χ3n) is 6.33. The van der Waals surface area contributed by atoms with Crippen LogP contribution in [0, 0.1) is 5.92 Å². The first-order chi connectivity index (χ1) is 14.6. The van der Waals surface area contributed by atoms with Crippen molar-refractivity contribution in [3.05, 3.63) is 23.8 Å². The molecule has 30 heavy (non-hydrogen) atoms. The molecule has 3 aliphatic rings. The Kier molecular flexibility index (Phi) is 6.25. The summed E-state index contributed by atoms with van der Waals surface area (Å²) in [6, 6.07) is 5.64. The van der Waals surface area contributed by atoms with Gasteiger partial charge in [0.05, 0.1) is 5.56 Å². The summed E-state index contributed by atoms with van der Waals surface area (Å²) in [6.07, 6.45) is 5.69. The predicted molar refractivity (Wildman–Crippen MR) is 117 cm³/mol. The molecule has 1 aromatic carbocycles. The third kappa shape index (κ3) is 4.60. The fourth-order valence-corrected chi connectivity index (χ4v) is 4.33. The van der Waals surface area contributed by atoms with Crippen molar-refractivity contribution in [2.75, 3.05) is 49.5 Å². The molecule has 4 rings (SSSR count). The molecule has 1 aromatic rings. The van der Waals surface area contributed by atoms with Crippen LogP contribution < -0.4 is 10.2 Å². The van der Waals surface area contributed by atoms with Gasteiger partial charge in [-0.2, -0.15) is 0 Å². The van der Waals surface area contributed by atoms with Crippen LogP contribution in [-0.4, -0.2) is 66.8 Å². The van der Waals surface area contributed by atoms with Crippen molar-refractivity contribution < 1.29 is 14.4 Å². The van der Waals surface area contributed by atoms with Gasteiger partial charge in [-0.05, 0) is 50.3 Å². The average Bonchev–Trinajstić information content (AvgIpc) is 3.64. The Balaban J connectivity index is 1.54. The summed E-state index contributed by atoms with van der Waals surface area (Å²) in [4.78, 5) is 43.7. The minimum Gasteiger partial charge on any atom is -0.367 e. The number of nitrogens with zero attached hydrogens (tertiary/aromatic N) is 3. The number of rotatable bonds is 5. The summed E-state index contributed by atoms with van der Waals surface area (Å²) in [5.41, 5.74) is 2.21. The highest BCUT2D eigenvalue weighted by atomic mass is 16.2. The van der Waals surface area contributed by atoms with Crippen LogP contribution >= 0.6 is 0 Å². The Labute approximate surface area is 178 Å². The first-order valence-electron chi connectivity index (χ1n) is 11.3. The van der Waals surface area contributed by atoms with E-state index >= 15 is 0 Å². The standard InChI is InChI=1S/C23H32N4O3/c1-2-21(28)24-18-8-9-20(19(16-18)23(30)26-10-4-3-5-11-26)25-12-14-27(15-13-25)22(29)17-6-7-17/h8-9,16-17H,2-7,10-15H2,1H3,(H,24,28). The number of piperidine rings is 1. The molecule has 3 amide bonds. The third-order valence-corrected chi connectivity index (χ3v) is 6.33. The van der Waals surface area contributed by atoms with E-state index in [1.807, 2.05) is 34.9 Å². The summed E-state index contributed by atoms with van der Waals surface area (Å²) >= 11 is 0. The number of nitrogens with one attached hydrogen (secondary N) is 1. The van der Waals surface area contributed by atoms with Crippen LogP contribution in [0.1, 0.15) is 55.8 Å². The molecule has 162 valence electrons. The van der Waals surface area contributed by atoms with Gasteiger partial charge in [0.2, 0.25) is 11.8 Å². The van der Waals surface area contributed by atoms with Crippen LogP contribution in [0.3, 0.4) is 0 Å². The molecule has 1 N–H and O–H groups in total. The predicted octanol–water partition coefficient (Wildman–Crippen LogP) is 2.72. The van der Waals surface area contributed by atoms with Crippen LogP contribution in [0.25, 0.3) is 0 Å². The fraction of sp³-hybridized carbons (Fsp3) is 0.609. The Hall–Kier alpha value is -2.57. The summed E-state index contributed by atoms with van der Waals surface area (Å²) in [7, 11) is 0. The van der Waals surface area contributed by atoms with Gasteiger partial charge in [-0.15, -0.1) is 0 Å². The van der Waals surface area contributed by atoms with Gasteiger partial charge >= 0.3 is 0 Å². The molecular formula is C23H32N4O3. The molecule has 2 aliphatic heterocycles. The Morgan fingerprint density at radius 3 is 2.27 bits per heavy atom. The molecule has 7 heteroatoms. The number of amides is 3. The van der Waals surface area contributed by atoms with Crippen molar-refractivity contribution in [1.82, 2.24) is 9.80 Å². The molecule has 0 bridgehead atoms. The van der Waals surface area contributed by atoms with Crippen LogP contribution in [0.15, 0.2) is 18.2 Å². The van der Waals surface area contributed by atoms with E-state index in [9.17, 15) is 14.4 Å². The summed E-state index contributed by atoms with van der Waals surface area (Å²) < 4.78 is 0. The maximum absolute atomic E-state index is 13.4. The molecule has 7 nitrogen and oxygen atoms in total. The lowest BCUT2D eigenvalue weighted by Crippen LogP contribution is -2.49. The molecule has 0 unspecified atom stereocenters. The number of hydrogen-bond acceptors (Lipinski definition) is 4. The highest BCUT2D eigenvalue weighted by Gasteiger charge is 2.35. The zero-order valence-corrected chi connectivity index (χ0v) is 17.9. The zero-order chi connectivity index (χ0) is 21.1. The van der Waals surface area contributed by atoms with Gasteiger partial charge in [0.25, 0.3) is 5.91 Å². The Morgan fingerprint density at radius 1 is 0.933 bits per heavy atom. The SMILES string of the molecule is CCC(=O)Nc1ccc(N2CCN(C(=O)C3CC3)CC2)c(C(=O)N2CCCCC2)c1. The summed E-state index contributed by atoms with van der Waals surface area (Å²) in [5.74, 6) is 0.506. The number of benzene rings is 1. The van der Waals surface area contributed by atoms with Crippen molar-refractivity contribution >= 4 is 29.1 Å². The van der Waals surface area contributed by atoms with E-state index < -0.39 is 0 Å². The normalized spacial score (nSPS) is 19.6. The minimum absolute atomic E-state index is 0.0359. The molecule has 0 atom stereocenters. The van der Waals surface area contributed by atoms with Gasteiger partial charge in [0, 0.05) is 63.0 Å². The first kappa shape index (κ1) is 20.7. The number of carbonyl (C=O) groups is 3. The number of piperazine rings is 1. The monoisotopic (exact) mass is 412 g/mol. The van der Waals surface area contributed by atoms with Crippen LogP contribution in [0.2, 0.25) is 0 Å². The maximum atomic E-state index is 13.4. The molecule has 1 saturated carbocycles. The van der Waals surface area contributed by atoms with Gasteiger partial charge < -0.3 is 20.0 Å². The van der Waals surface area contributed by atoms with E-state index in [-0.39, 0.29) is 23.6 Å². The topological polar surface area (TPSA) is 73.0 Å². The van der Waals surface area contributed by atoms with Crippen molar-refractivity contribution in [1.29, 1.82) is 0 Å². The number of anilines is 2. The quantitative estimate of drug-likeness (QED) is 0.807. The molecule has 2 heterocycles. The average molecular weight is 413 g/mol. The largest absolute Gasteiger partial charge is 0.367 e. The lowest BCUT2D eigenvalue weighted by atomic mass is 10.1.